The van der Waals surface area contributed by atoms with Crippen LogP contribution in [-0.4, -0.2) is 62.3 Å². The van der Waals surface area contributed by atoms with Crippen molar-refractivity contribution < 1.29 is 9.47 Å². The monoisotopic (exact) mass is 560 g/mol. The summed E-state index contributed by atoms with van der Waals surface area (Å²) in [6.45, 7) is 16.3. The van der Waals surface area contributed by atoms with Crippen LogP contribution in [0, 0.1) is 7.14 Å². The van der Waals surface area contributed by atoms with E-state index in [2.05, 4.69) is 94.8 Å². The van der Waals surface area contributed by atoms with Crippen LogP contribution in [0.4, 0.5) is 0 Å². The van der Waals surface area contributed by atoms with Gasteiger partial charge >= 0.3 is 0 Å². The number of likely N-dealkylation sites (N-methyl/N-ethyl adjacent to an activating group) is 2. The van der Waals surface area contributed by atoms with E-state index in [0.29, 0.717) is 0 Å². The molecule has 0 amide bonds. The minimum Gasteiger partial charge on any atom is -0.491 e. The molecule has 0 aliphatic heterocycles. The summed E-state index contributed by atoms with van der Waals surface area (Å²) >= 11 is 4.65. The molecule has 0 saturated carbocycles. The van der Waals surface area contributed by atoms with E-state index in [0.717, 1.165) is 71.1 Å². The van der Waals surface area contributed by atoms with Gasteiger partial charge in [0.2, 0.25) is 0 Å². The topological polar surface area (TPSA) is 24.9 Å². The van der Waals surface area contributed by atoms with E-state index in [9.17, 15) is 0 Å². The molecular formula is C18H30I2N2O2. The lowest BCUT2D eigenvalue weighted by atomic mass is 10.3. The molecule has 0 atom stereocenters. The summed E-state index contributed by atoms with van der Waals surface area (Å²) in [5.74, 6) is 1.89. The van der Waals surface area contributed by atoms with Gasteiger partial charge in [0.15, 0.2) is 0 Å². The molecule has 0 saturated heterocycles. The summed E-state index contributed by atoms with van der Waals surface area (Å²) in [6.07, 6.45) is 0. The fourth-order valence-corrected chi connectivity index (χ4v) is 3.57. The van der Waals surface area contributed by atoms with Crippen LogP contribution in [0.3, 0.4) is 0 Å². The van der Waals surface area contributed by atoms with E-state index in [4.69, 9.17) is 9.47 Å². The molecular weight excluding hydrogens is 530 g/mol. The summed E-state index contributed by atoms with van der Waals surface area (Å²) in [5.41, 5.74) is 0. The normalized spacial score (nSPS) is 11.3. The van der Waals surface area contributed by atoms with Crippen molar-refractivity contribution in [3.05, 3.63) is 19.3 Å². The lowest BCUT2D eigenvalue weighted by Gasteiger charge is -2.20. The van der Waals surface area contributed by atoms with Gasteiger partial charge in [0, 0.05) is 13.1 Å². The average Bonchev–Trinajstić information content (AvgIpc) is 2.59. The zero-order valence-corrected chi connectivity index (χ0v) is 19.6. The zero-order chi connectivity index (χ0) is 17.9. The molecule has 24 heavy (non-hydrogen) atoms. The van der Waals surface area contributed by atoms with Gasteiger partial charge in [-0.2, -0.15) is 0 Å². The third-order valence-electron chi connectivity index (χ3n) is 4.11. The van der Waals surface area contributed by atoms with Gasteiger partial charge in [-0.3, -0.25) is 0 Å². The smallest absolute Gasteiger partial charge is 0.134 e. The molecule has 0 fully saturated rings. The van der Waals surface area contributed by atoms with Crippen molar-refractivity contribution in [1.82, 2.24) is 9.80 Å². The Labute approximate surface area is 174 Å². The first-order valence-corrected chi connectivity index (χ1v) is 10.9. The van der Waals surface area contributed by atoms with Gasteiger partial charge in [-0.1, -0.05) is 27.7 Å². The second kappa shape index (κ2) is 12.5. The maximum atomic E-state index is 5.97. The largest absolute Gasteiger partial charge is 0.491 e. The quantitative estimate of drug-likeness (QED) is 0.356. The van der Waals surface area contributed by atoms with E-state index >= 15 is 0 Å². The lowest BCUT2D eigenvalue weighted by molar-refractivity contribution is 0.217. The molecule has 1 aromatic rings. The van der Waals surface area contributed by atoms with Gasteiger partial charge in [0.25, 0.3) is 0 Å². The second-order valence-corrected chi connectivity index (χ2v) is 7.79. The molecule has 1 rings (SSSR count). The van der Waals surface area contributed by atoms with Gasteiger partial charge in [0.05, 0.1) is 7.14 Å². The van der Waals surface area contributed by atoms with Crippen LogP contribution < -0.4 is 9.47 Å². The van der Waals surface area contributed by atoms with E-state index in [1.165, 1.54) is 0 Å². The molecule has 6 heteroatoms. The molecule has 0 unspecified atom stereocenters. The SMILES string of the molecule is CCN(CC)CCOc1cc(I)c(OCCN(CC)CC)cc1I. The maximum absolute atomic E-state index is 5.97. The highest BCUT2D eigenvalue weighted by molar-refractivity contribution is 14.1. The number of hydrogen-bond acceptors (Lipinski definition) is 4. The van der Waals surface area contributed by atoms with Crippen LogP contribution in [0.15, 0.2) is 12.1 Å². The third kappa shape index (κ3) is 7.61. The fraction of sp³-hybridized carbons (Fsp3) is 0.667. The molecule has 0 spiro atoms. The summed E-state index contributed by atoms with van der Waals surface area (Å²) in [4.78, 5) is 4.73. The molecule has 0 aliphatic rings. The van der Waals surface area contributed by atoms with Crippen molar-refractivity contribution >= 4 is 45.2 Å². The molecule has 0 aromatic heterocycles. The van der Waals surface area contributed by atoms with Crippen LogP contribution in [0.1, 0.15) is 27.7 Å². The number of hydrogen-bond donors (Lipinski definition) is 0. The number of halogens is 2. The van der Waals surface area contributed by atoms with Crippen LogP contribution in [0.2, 0.25) is 0 Å². The lowest BCUT2D eigenvalue weighted by Crippen LogP contribution is -2.28. The van der Waals surface area contributed by atoms with Gasteiger partial charge in [-0.15, -0.1) is 0 Å². The molecule has 138 valence electrons. The molecule has 4 nitrogen and oxygen atoms in total. The standard InChI is InChI=1S/C18H30I2N2O2/c1-5-21(6-2)9-11-23-17-13-16(20)18(14-15(17)19)24-12-10-22(7-3)8-4/h13-14H,5-12H2,1-4H3. The minimum absolute atomic E-state index is 0.718. The Morgan fingerprint density at radius 1 is 0.708 bits per heavy atom. The highest BCUT2D eigenvalue weighted by Crippen LogP contribution is 2.31. The van der Waals surface area contributed by atoms with Gasteiger partial charge in [-0.25, -0.2) is 0 Å². The first kappa shape index (κ1) is 22.2. The highest BCUT2D eigenvalue weighted by atomic mass is 127. The number of benzene rings is 1. The van der Waals surface area contributed by atoms with E-state index in [1.54, 1.807) is 0 Å². The Kier molecular flexibility index (Phi) is 11.6. The molecule has 1 aromatic carbocycles. The third-order valence-corrected chi connectivity index (χ3v) is 5.79. The fourth-order valence-electron chi connectivity index (χ4n) is 2.38. The van der Waals surface area contributed by atoms with Crippen molar-refractivity contribution in [3.63, 3.8) is 0 Å². The Bertz CT molecular complexity index is 435. The van der Waals surface area contributed by atoms with Crippen LogP contribution in [0.25, 0.3) is 0 Å². The van der Waals surface area contributed by atoms with Gasteiger partial charge < -0.3 is 19.3 Å². The summed E-state index contributed by atoms with van der Waals surface area (Å²) in [6, 6.07) is 4.16. The van der Waals surface area contributed by atoms with Crippen molar-refractivity contribution in [3.8, 4) is 11.5 Å². The van der Waals surface area contributed by atoms with E-state index in [1.807, 2.05) is 0 Å². The predicted octanol–water partition coefficient (Wildman–Crippen LogP) is 4.34. The first-order chi connectivity index (χ1) is 11.5. The van der Waals surface area contributed by atoms with Gasteiger partial charge in [-0.05, 0) is 83.5 Å². The zero-order valence-electron chi connectivity index (χ0n) is 15.3. The number of rotatable bonds is 12. The van der Waals surface area contributed by atoms with Crippen molar-refractivity contribution in [2.45, 2.75) is 27.7 Å². The highest BCUT2D eigenvalue weighted by Gasteiger charge is 2.10. The Balaban J connectivity index is 2.55. The number of nitrogens with zero attached hydrogens (tertiary/aromatic N) is 2. The van der Waals surface area contributed by atoms with Crippen LogP contribution in [-0.2, 0) is 0 Å². The molecule has 0 heterocycles. The Hall–Kier alpha value is 0.200. The molecule has 0 N–H and O–H groups in total. The predicted molar refractivity (Wildman–Crippen MR) is 118 cm³/mol. The van der Waals surface area contributed by atoms with Gasteiger partial charge in [0.1, 0.15) is 24.7 Å². The average molecular weight is 560 g/mol. The summed E-state index contributed by atoms with van der Waals surface area (Å²) < 4.78 is 14.1. The first-order valence-electron chi connectivity index (χ1n) is 8.74. The van der Waals surface area contributed by atoms with Crippen molar-refractivity contribution in [2.24, 2.45) is 0 Å². The second-order valence-electron chi connectivity index (χ2n) is 5.46. The number of ether oxygens (including phenoxy) is 2. The van der Waals surface area contributed by atoms with E-state index in [-0.39, 0.29) is 0 Å². The molecule has 0 aliphatic carbocycles. The van der Waals surface area contributed by atoms with Crippen molar-refractivity contribution in [1.29, 1.82) is 0 Å². The van der Waals surface area contributed by atoms with Crippen LogP contribution in [0.5, 0.6) is 11.5 Å². The Morgan fingerprint density at radius 3 is 1.33 bits per heavy atom. The van der Waals surface area contributed by atoms with Crippen molar-refractivity contribution in [2.75, 3.05) is 52.5 Å². The maximum Gasteiger partial charge on any atom is 0.134 e. The van der Waals surface area contributed by atoms with E-state index < -0.39 is 0 Å². The molecule has 0 bridgehead atoms. The minimum atomic E-state index is 0.718. The van der Waals surface area contributed by atoms with Crippen LogP contribution >= 0.6 is 45.2 Å². The molecule has 0 radical (unpaired) electrons. The Morgan fingerprint density at radius 2 is 1.04 bits per heavy atom. The summed E-state index contributed by atoms with van der Waals surface area (Å²) in [7, 11) is 0. The summed E-state index contributed by atoms with van der Waals surface area (Å²) in [5, 5.41) is 0.